The molecule has 0 bridgehead atoms. The number of hydrogen-bond acceptors (Lipinski definition) is 4. The Hall–Kier alpha value is -2.04. The summed E-state index contributed by atoms with van der Waals surface area (Å²) in [6.07, 6.45) is 0. The smallest absolute Gasteiger partial charge is 0.227 e. The molecule has 3 rings (SSSR count). The van der Waals surface area contributed by atoms with Gasteiger partial charge in [-0.15, -0.1) is 0 Å². The predicted molar refractivity (Wildman–Crippen MR) is 92.5 cm³/mol. The fourth-order valence-corrected chi connectivity index (χ4v) is 2.70. The minimum absolute atomic E-state index is 0.467. The molecule has 0 saturated heterocycles. The van der Waals surface area contributed by atoms with E-state index in [0.29, 0.717) is 28.4 Å². The van der Waals surface area contributed by atoms with Gasteiger partial charge in [-0.2, -0.15) is 4.98 Å². The number of rotatable bonds is 3. The summed E-state index contributed by atoms with van der Waals surface area (Å²) in [6.45, 7) is 0.563. The van der Waals surface area contributed by atoms with Crippen LogP contribution in [0.3, 0.4) is 0 Å². The summed E-state index contributed by atoms with van der Waals surface area (Å²) in [5, 5.41) is 2.08. The van der Waals surface area contributed by atoms with E-state index in [4.69, 9.17) is 28.9 Å². The van der Waals surface area contributed by atoms with Crippen LogP contribution in [0.25, 0.3) is 10.9 Å². The molecule has 2 aromatic carbocycles. The van der Waals surface area contributed by atoms with Crippen LogP contribution in [0.15, 0.2) is 42.5 Å². The lowest BCUT2D eigenvalue weighted by Gasteiger charge is -2.19. The molecule has 1 heterocycles. The van der Waals surface area contributed by atoms with Gasteiger partial charge in [0.25, 0.3) is 0 Å². The van der Waals surface area contributed by atoms with Crippen molar-refractivity contribution >= 4 is 45.9 Å². The summed E-state index contributed by atoms with van der Waals surface area (Å²) >= 11 is 12.1. The molecule has 0 atom stereocenters. The Morgan fingerprint density at radius 3 is 2.64 bits per heavy atom. The SMILES string of the molecule is CN(Cc1ccc(Cl)cc1Cl)c1nc(N)c2ccccc2n1. The molecule has 2 N–H and O–H groups in total. The lowest BCUT2D eigenvalue weighted by Crippen LogP contribution is -2.20. The number of aromatic nitrogens is 2. The van der Waals surface area contributed by atoms with Gasteiger partial charge < -0.3 is 10.6 Å². The highest BCUT2D eigenvalue weighted by Gasteiger charge is 2.11. The van der Waals surface area contributed by atoms with Crippen molar-refractivity contribution < 1.29 is 0 Å². The Labute approximate surface area is 138 Å². The number of para-hydroxylation sites is 1. The first-order valence-electron chi connectivity index (χ1n) is 6.72. The first kappa shape index (κ1) is 14.9. The molecule has 3 aromatic rings. The monoisotopic (exact) mass is 332 g/mol. The van der Waals surface area contributed by atoms with E-state index >= 15 is 0 Å². The van der Waals surface area contributed by atoms with Crippen molar-refractivity contribution in [1.29, 1.82) is 0 Å². The number of nitrogens with two attached hydrogens (primary N) is 1. The first-order chi connectivity index (χ1) is 10.5. The standard InChI is InChI=1S/C16H14Cl2N4/c1-22(9-10-6-7-11(17)8-13(10)18)16-20-14-5-3-2-4-12(14)15(19)21-16/h2-8H,9H2,1H3,(H2,19,20,21). The van der Waals surface area contributed by atoms with Crippen molar-refractivity contribution in [3.63, 3.8) is 0 Å². The zero-order valence-corrected chi connectivity index (χ0v) is 13.4. The van der Waals surface area contributed by atoms with Gasteiger partial charge in [-0.3, -0.25) is 0 Å². The van der Waals surface area contributed by atoms with Gasteiger partial charge in [-0.1, -0.05) is 41.4 Å². The molecule has 0 saturated carbocycles. The van der Waals surface area contributed by atoms with Crippen molar-refractivity contribution in [3.05, 3.63) is 58.1 Å². The minimum Gasteiger partial charge on any atom is -0.383 e. The largest absolute Gasteiger partial charge is 0.383 e. The maximum Gasteiger partial charge on any atom is 0.227 e. The van der Waals surface area contributed by atoms with Crippen molar-refractivity contribution in [2.45, 2.75) is 6.54 Å². The van der Waals surface area contributed by atoms with Gasteiger partial charge in [-0.25, -0.2) is 4.98 Å². The lowest BCUT2D eigenvalue weighted by molar-refractivity contribution is 0.875. The van der Waals surface area contributed by atoms with Crippen LogP contribution in [0, 0.1) is 0 Å². The van der Waals surface area contributed by atoms with Crippen LogP contribution in [-0.2, 0) is 6.54 Å². The van der Waals surface area contributed by atoms with Crippen LogP contribution >= 0.6 is 23.2 Å². The summed E-state index contributed by atoms with van der Waals surface area (Å²) in [5.74, 6) is 1.02. The second-order valence-electron chi connectivity index (χ2n) is 5.02. The predicted octanol–water partition coefficient (Wildman–Crippen LogP) is 4.16. The van der Waals surface area contributed by atoms with E-state index in [0.717, 1.165) is 16.5 Å². The molecule has 0 aliphatic rings. The summed E-state index contributed by atoms with van der Waals surface area (Å²) in [4.78, 5) is 10.8. The van der Waals surface area contributed by atoms with Crippen LogP contribution in [0.4, 0.5) is 11.8 Å². The Morgan fingerprint density at radius 1 is 1.09 bits per heavy atom. The van der Waals surface area contributed by atoms with Crippen molar-refractivity contribution in [3.8, 4) is 0 Å². The van der Waals surface area contributed by atoms with Gasteiger partial charge in [-0.05, 0) is 29.8 Å². The third-order valence-corrected chi connectivity index (χ3v) is 3.97. The summed E-state index contributed by atoms with van der Waals surface area (Å²) in [6, 6.07) is 13.1. The lowest BCUT2D eigenvalue weighted by atomic mass is 10.2. The van der Waals surface area contributed by atoms with Crippen molar-refractivity contribution in [2.24, 2.45) is 0 Å². The van der Waals surface area contributed by atoms with Crippen molar-refractivity contribution in [2.75, 3.05) is 17.7 Å². The number of fused-ring (bicyclic) bond motifs is 1. The highest BCUT2D eigenvalue weighted by Crippen LogP contribution is 2.25. The number of nitrogens with zero attached hydrogens (tertiary/aromatic N) is 3. The fourth-order valence-electron chi connectivity index (χ4n) is 2.24. The highest BCUT2D eigenvalue weighted by molar-refractivity contribution is 6.35. The summed E-state index contributed by atoms with van der Waals surface area (Å²) in [7, 11) is 1.90. The molecule has 0 amide bonds. The van der Waals surface area contributed by atoms with Crippen LogP contribution in [-0.4, -0.2) is 17.0 Å². The van der Waals surface area contributed by atoms with Crippen LogP contribution in [0.1, 0.15) is 5.56 Å². The number of nitrogen functional groups attached to an aromatic ring is 1. The number of halogens is 2. The van der Waals surface area contributed by atoms with Gasteiger partial charge in [0.1, 0.15) is 5.82 Å². The van der Waals surface area contributed by atoms with E-state index < -0.39 is 0 Å². The Balaban J connectivity index is 1.93. The van der Waals surface area contributed by atoms with E-state index in [9.17, 15) is 0 Å². The molecule has 1 aromatic heterocycles. The van der Waals surface area contributed by atoms with E-state index in [-0.39, 0.29) is 0 Å². The molecule has 0 radical (unpaired) electrons. The highest BCUT2D eigenvalue weighted by atomic mass is 35.5. The maximum absolute atomic E-state index is 6.21. The topological polar surface area (TPSA) is 55.0 Å². The maximum atomic E-state index is 6.21. The fraction of sp³-hybridized carbons (Fsp3) is 0.125. The Bertz CT molecular complexity index is 835. The summed E-state index contributed by atoms with van der Waals surface area (Å²) in [5.41, 5.74) is 7.78. The van der Waals surface area contributed by atoms with Gasteiger partial charge in [0.05, 0.1) is 5.52 Å². The van der Waals surface area contributed by atoms with Gasteiger partial charge >= 0.3 is 0 Å². The van der Waals surface area contributed by atoms with E-state index in [1.54, 1.807) is 6.07 Å². The normalized spacial score (nSPS) is 10.9. The third kappa shape index (κ3) is 2.93. The Morgan fingerprint density at radius 2 is 1.86 bits per heavy atom. The number of anilines is 2. The van der Waals surface area contributed by atoms with Crippen molar-refractivity contribution in [1.82, 2.24) is 9.97 Å². The van der Waals surface area contributed by atoms with Crippen LogP contribution in [0.2, 0.25) is 10.0 Å². The minimum atomic E-state index is 0.467. The zero-order valence-electron chi connectivity index (χ0n) is 11.9. The van der Waals surface area contributed by atoms with Crippen LogP contribution in [0.5, 0.6) is 0 Å². The molecular formula is C16H14Cl2N4. The molecule has 4 nitrogen and oxygen atoms in total. The molecule has 0 aliphatic carbocycles. The average molecular weight is 333 g/mol. The second-order valence-corrected chi connectivity index (χ2v) is 5.86. The van der Waals surface area contributed by atoms with E-state index in [1.165, 1.54) is 0 Å². The molecular weight excluding hydrogens is 319 g/mol. The summed E-state index contributed by atoms with van der Waals surface area (Å²) < 4.78 is 0. The molecule has 0 unspecified atom stereocenters. The van der Waals surface area contributed by atoms with E-state index in [2.05, 4.69) is 9.97 Å². The Kier molecular flexibility index (Phi) is 4.05. The van der Waals surface area contributed by atoms with Gasteiger partial charge in [0, 0.05) is 29.0 Å². The van der Waals surface area contributed by atoms with Crippen LogP contribution < -0.4 is 10.6 Å². The van der Waals surface area contributed by atoms with E-state index in [1.807, 2.05) is 48.3 Å². The zero-order chi connectivity index (χ0) is 15.7. The second kappa shape index (κ2) is 5.99. The average Bonchev–Trinajstić information content (AvgIpc) is 2.50. The van der Waals surface area contributed by atoms with Gasteiger partial charge in [0.2, 0.25) is 5.95 Å². The molecule has 22 heavy (non-hydrogen) atoms. The number of hydrogen-bond donors (Lipinski definition) is 1. The molecule has 0 aliphatic heterocycles. The quantitative estimate of drug-likeness (QED) is 0.782. The molecule has 112 valence electrons. The van der Waals surface area contributed by atoms with Gasteiger partial charge in [0.15, 0.2) is 0 Å². The third-order valence-electron chi connectivity index (χ3n) is 3.38. The molecule has 0 spiro atoms. The number of benzene rings is 2. The molecule has 0 fully saturated rings. The first-order valence-corrected chi connectivity index (χ1v) is 7.47. The molecule has 6 heteroatoms.